The van der Waals surface area contributed by atoms with Crippen molar-refractivity contribution in [3.8, 4) is 0 Å². The summed E-state index contributed by atoms with van der Waals surface area (Å²) in [5.41, 5.74) is 2.60. The number of piperidine rings is 1. The second-order valence-corrected chi connectivity index (χ2v) is 6.54. The van der Waals surface area contributed by atoms with Gasteiger partial charge in [0.1, 0.15) is 0 Å². The van der Waals surface area contributed by atoms with Gasteiger partial charge in [0.05, 0.1) is 0 Å². The normalized spacial score (nSPS) is 22.3. The second-order valence-electron chi connectivity index (χ2n) is 6.54. The predicted octanol–water partition coefficient (Wildman–Crippen LogP) is 3.00. The van der Waals surface area contributed by atoms with Gasteiger partial charge in [-0.1, -0.05) is 38.1 Å². The molecule has 2 atom stereocenters. The van der Waals surface area contributed by atoms with Gasteiger partial charge in [-0.05, 0) is 49.8 Å². The van der Waals surface area contributed by atoms with Gasteiger partial charge in [0.15, 0.2) is 0 Å². The summed E-state index contributed by atoms with van der Waals surface area (Å²) >= 11 is 0. The minimum Gasteiger partial charge on any atom is -0.353 e. The Morgan fingerprint density at radius 1 is 1.33 bits per heavy atom. The van der Waals surface area contributed by atoms with Crippen LogP contribution in [0.4, 0.5) is 0 Å². The Morgan fingerprint density at radius 2 is 2.05 bits per heavy atom. The van der Waals surface area contributed by atoms with Gasteiger partial charge in [0.2, 0.25) is 5.91 Å². The summed E-state index contributed by atoms with van der Waals surface area (Å²) in [5.74, 6) is 0.742. The van der Waals surface area contributed by atoms with Crippen LogP contribution in [0.2, 0.25) is 0 Å². The summed E-state index contributed by atoms with van der Waals surface area (Å²) in [7, 11) is 0. The lowest BCUT2D eigenvalue weighted by Crippen LogP contribution is -2.46. The molecule has 0 saturated carbocycles. The van der Waals surface area contributed by atoms with Gasteiger partial charge in [-0.3, -0.25) is 4.79 Å². The van der Waals surface area contributed by atoms with Gasteiger partial charge < -0.3 is 10.6 Å². The van der Waals surface area contributed by atoms with Crippen LogP contribution in [0, 0.1) is 0 Å². The molecule has 0 bridgehead atoms. The first-order valence-corrected chi connectivity index (χ1v) is 8.16. The molecule has 1 fully saturated rings. The molecule has 2 rings (SSSR count). The SMILES string of the molecule is CC1CC(NC(=O)CCc2ccc(C(C)C)cc2)CCN1. The fourth-order valence-corrected chi connectivity index (χ4v) is 2.89. The van der Waals surface area contributed by atoms with Gasteiger partial charge in [-0.15, -0.1) is 0 Å². The topological polar surface area (TPSA) is 41.1 Å². The van der Waals surface area contributed by atoms with Crippen LogP contribution in [0.1, 0.15) is 57.1 Å². The monoisotopic (exact) mass is 288 g/mol. The average molecular weight is 288 g/mol. The van der Waals surface area contributed by atoms with E-state index < -0.39 is 0 Å². The molecule has 2 N–H and O–H groups in total. The molecule has 1 aromatic rings. The second kappa shape index (κ2) is 7.60. The molecule has 1 saturated heterocycles. The minimum absolute atomic E-state index is 0.182. The molecule has 0 spiro atoms. The van der Waals surface area contributed by atoms with E-state index in [0.29, 0.717) is 24.4 Å². The number of rotatable bonds is 5. The number of benzene rings is 1. The number of hydrogen-bond acceptors (Lipinski definition) is 2. The van der Waals surface area contributed by atoms with Gasteiger partial charge in [0, 0.05) is 18.5 Å². The van der Waals surface area contributed by atoms with Crippen molar-refractivity contribution in [1.29, 1.82) is 0 Å². The van der Waals surface area contributed by atoms with E-state index in [1.807, 2.05) is 0 Å². The van der Waals surface area contributed by atoms with Crippen LogP contribution in [0.15, 0.2) is 24.3 Å². The van der Waals surface area contributed by atoms with Crippen molar-refractivity contribution in [3.63, 3.8) is 0 Å². The Kier molecular flexibility index (Phi) is 5.80. The Labute approximate surface area is 128 Å². The van der Waals surface area contributed by atoms with Crippen molar-refractivity contribution in [2.45, 2.75) is 64.5 Å². The van der Waals surface area contributed by atoms with Crippen LogP contribution in [0.25, 0.3) is 0 Å². The standard InChI is InChI=1S/C18H28N2O/c1-13(2)16-7-4-15(5-8-16)6-9-18(21)20-17-10-11-19-14(3)12-17/h4-5,7-8,13-14,17,19H,6,9-12H2,1-3H3,(H,20,21). The van der Waals surface area contributed by atoms with E-state index in [0.717, 1.165) is 25.8 Å². The number of carbonyl (C=O) groups is 1. The first-order valence-electron chi connectivity index (χ1n) is 8.16. The number of aryl methyl sites for hydroxylation is 1. The van der Waals surface area contributed by atoms with Gasteiger partial charge in [0.25, 0.3) is 0 Å². The van der Waals surface area contributed by atoms with Crippen LogP contribution in [-0.4, -0.2) is 24.5 Å². The lowest BCUT2D eigenvalue weighted by Gasteiger charge is -2.28. The highest BCUT2D eigenvalue weighted by molar-refractivity contribution is 5.76. The number of hydrogen-bond donors (Lipinski definition) is 2. The van der Waals surface area contributed by atoms with E-state index >= 15 is 0 Å². The molecule has 3 heteroatoms. The molecule has 0 aliphatic carbocycles. The molecule has 0 radical (unpaired) electrons. The van der Waals surface area contributed by atoms with E-state index in [9.17, 15) is 4.79 Å². The van der Waals surface area contributed by atoms with Gasteiger partial charge in [-0.25, -0.2) is 0 Å². The average Bonchev–Trinajstić information content (AvgIpc) is 2.45. The van der Waals surface area contributed by atoms with Crippen molar-refractivity contribution in [3.05, 3.63) is 35.4 Å². The summed E-state index contributed by atoms with van der Waals surface area (Å²) in [6, 6.07) is 9.49. The predicted molar refractivity (Wildman–Crippen MR) is 87.5 cm³/mol. The lowest BCUT2D eigenvalue weighted by molar-refractivity contribution is -0.122. The van der Waals surface area contributed by atoms with Crippen LogP contribution < -0.4 is 10.6 Å². The third kappa shape index (κ3) is 5.16. The van der Waals surface area contributed by atoms with E-state index in [2.05, 4.69) is 55.7 Å². The Hall–Kier alpha value is -1.35. The molecule has 2 unspecified atom stereocenters. The van der Waals surface area contributed by atoms with Crippen LogP contribution in [0.3, 0.4) is 0 Å². The fraction of sp³-hybridized carbons (Fsp3) is 0.611. The molecule has 1 aliphatic heterocycles. The zero-order valence-electron chi connectivity index (χ0n) is 13.5. The van der Waals surface area contributed by atoms with Crippen LogP contribution in [0.5, 0.6) is 0 Å². The molecular formula is C18H28N2O. The van der Waals surface area contributed by atoms with Crippen molar-refractivity contribution >= 4 is 5.91 Å². The first kappa shape index (κ1) is 16.0. The highest BCUT2D eigenvalue weighted by Gasteiger charge is 2.19. The largest absolute Gasteiger partial charge is 0.353 e. The first-order chi connectivity index (χ1) is 10.0. The van der Waals surface area contributed by atoms with Crippen molar-refractivity contribution in [2.24, 2.45) is 0 Å². The molecule has 3 nitrogen and oxygen atoms in total. The number of nitrogens with one attached hydrogen (secondary N) is 2. The maximum Gasteiger partial charge on any atom is 0.220 e. The molecule has 1 heterocycles. The maximum absolute atomic E-state index is 12.0. The molecule has 21 heavy (non-hydrogen) atoms. The zero-order chi connectivity index (χ0) is 15.2. The van der Waals surface area contributed by atoms with Crippen molar-refractivity contribution < 1.29 is 4.79 Å². The van der Waals surface area contributed by atoms with Crippen molar-refractivity contribution in [2.75, 3.05) is 6.54 Å². The van der Waals surface area contributed by atoms with E-state index in [1.54, 1.807) is 0 Å². The van der Waals surface area contributed by atoms with E-state index in [1.165, 1.54) is 11.1 Å². The molecule has 1 aromatic carbocycles. The summed E-state index contributed by atoms with van der Waals surface area (Å²) in [6.45, 7) is 7.57. The molecule has 116 valence electrons. The Balaban J connectivity index is 1.75. The quantitative estimate of drug-likeness (QED) is 0.874. The Morgan fingerprint density at radius 3 is 2.67 bits per heavy atom. The number of carbonyl (C=O) groups excluding carboxylic acids is 1. The molecular weight excluding hydrogens is 260 g/mol. The fourth-order valence-electron chi connectivity index (χ4n) is 2.89. The molecule has 1 amide bonds. The Bertz CT molecular complexity index is 453. The number of amides is 1. The van der Waals surface area contributed by atoms with Gasteiger partial charge >= 0.3 is 0 Å². The maximum atomic E-state index is 12.0. The third-order valence-electron chi connectivity index (χ3n) is 4.28. The highest BCUT2D eigenvalue weighted by Crippen LogP contribution is 2.15. The minimum atomic E-state index is 0.182. The summed E-state index contributed by atoms with van der Waals surface area (Å²) in [6.07, 6.45) is 3.48. The molecule has 1 aliphatic rings. The molecule has 0 aromatic heterocycles. The van der Waals surface area contributed by atoms with Crippen molar-refractivity contribution in [1.82, 2.24) is 10.6 Å². The zero-order valence-corrected chi connectivity index (χ0v) is 13.5. The smallest absolute Gasteiger partial charge is 0.220 e. The van der Waals surface area contributed by atoms with Crippen LogP contribution >= 0.6 is 0 Å². The van der Waals surface area contributed by atoms with E-state index in [-0.39, 0.29) is 5.91 Å². The summed E-state index contributed by atoms with van der Waals surface area (Å²) in [5, 5.41) is 6.58. The highest BCUT2D eigenvalue weighted by atomic mass is 16.1. The summed E-state index contributed by atoms with van der Waals surface area (Å²) < 4.78 is 0. The summed E-state index contributed by atoms with van der Waals surface area (Å²) in [4.78, 5) is 12.0. The lowest BCUT2D eigenvalue weighted by atomic mass is 9.99. The third-order valence-corrected chi connectivity index (χ3v) is 4.28. The van der Waals surface area contributed by atoms with Gasteiger partial charge in [-0.2, -0.15) is 0 Å². The van der Waals surface area contributed by atoms with Crippen LogP contribution in [-0.2, 0) is 11.2 Å². The van der Waals surface area contributed by atoms with E-state index in [4.69, 9.17) is 0 Å².